The summed E-state index contributed by atoms with van der Waals surface area (Å²) in [7, 11) is 1.32. The summed E-state index contributed by atoms with van der Waals surface area (Å²) in [6, 6.07) is 4.71. The molecule has 2 N–H and O–H groups in total. The van der Waals surface area contributed by atoms with Gasteiger partial charge in [0, 0.05) is 24.3 Å². The Morgan fingerprint density at radius 3 is 3.00 bits per heavy atom. The molecule has 110 valence electrons. The van der Waals surface area contributed by atoms with Crippen LogP contribution in [0.15, 0.2) is 18.2 Å². The summed E-state index contributed by atoms with van der Waals surface area (Å²) in [5.74, 6) is -0.415. The van der Waals surface area contributed by atoms with Crippen molar-refractivity contribution in [2.24, 2.45) is 0 Å². The molecule has 20 heavy (non-hydrogen) atoms. The molecule has 1 aromatic carbocycles. The maximum atomic E-state index is 13.8. The maximum absolute atomic E-state index is 13.8. The molecule has 1 aliphatic rings. The summed E-state index contributed by atoms with van der Waals surface area (Å²) in [5, 5.41) is 12.5. The van der Waals surface area contributed by atoms with Crippen molar-refractivity contribution in [2.45, 2.75) is 25.5 Å². The lowest BCUT2D eigenvalue weighted by Crippen LogP contribution is -2.37. The highest BCUT2D eigenvalue weighted by molar-refractivity contribution is 5.67. The second-order valence-corrected chi connectivity index (χ2v) is 4.92. The molecule has 0 aliphatic carbocycles. The average molecular weight is 282 g/mol. The second kappa shape index (κ2) is 6.09. The summed E-state index contributed by atoms with van der Waals surface area (Å²) in [6.45, 7) is 2.80. The molecule has 0 aromatic heterocycles. The fourth-order valence-corrected chi connectivity index (χ4v) is 2.54. The van der Waals surface area contributed by atoms with Gasteiger partial charge in [0.1, 0.15) is 5.82 Å². The second-order valence-electron chi connectivity index (χ2n) is 4.92. The van der Waals surface area contributed by atoms with E-state index in [1.54, 1.807) is 19.1 Å². The third-order valence-corrected chi connectivity index (χ3v) is 3.48. The number of aliphatic hydroxyl groups excluding tert-OH is 1. The lowest BCUT2D eigenvalue weighted by Gasteiger charge is -2.23. The first-order valence-electron chi connectivity index (χ1n) is 6.58. The molecule has 6 heteroatoms. The molecule has 0 spiro atoms. The minimum Gasteiger partial charge on any atom is -0.453 e. The van der Waals surface area contributed by atoms with Crippen molar-refractivity contribution in [3.8, 4) is 0 Å². The van der Waals surface area contributed by atoms with Crippen LogP contribution in [0.3, 0.4) is 0 Å². The minimum absolute atomic E-state index is 0.0347. The Hall–Kier alpha value is -1.82. The van der Waals surface area contributed by atoms with Gasteiger partial charge in [-0.25, -0.2) is 9.18 Å². The van der Waals surface area contributed by atoms with Crippen LogP contribution in [0.25, 0.3) is 0 Å². The van der Waals surface area contributed by atoms with Crippen LogP contribution in [0.5, 0.6) is 0 Å². The lowest BCUT2D eigenvalue weighted by atomic mass is 10.1. The van der Waals surface area contributed by atoms with Crippen LogP contribution >= 0.6 is 0 Å². The summed E-state index contributed by atoms with van der Waals surface area (Å²) in [4.78, 5) is 13.2. The highest BCUT2D eigenvalue weighted by atomic mass is 19.1. The Labute approximate surface area is 117 Å². The van der Waals surface area contributed by atoms with Crippen LogP contribution in [-0.4, -0.2) is 37.4 Å². The predicted molar refractivity (Wildman–Crippen MR) is 73.2 cm³/mol. The van der Waals surface area contributed by atoms with Gasteiger partial charge in [-0.05, 0) is 25.5 Å². The number of carbonyl (C=O) groups is 1. The van der Waals surface area contributed by atoms with E-state index in [0.717, 1.165) is 6.42 Å². The monoisotopic (exact) mass is 282 g/mol. The molecular weight excluding hydrogens is 263 g/mol. The van der Waals surface area contributed by atoms with E-state index in [1.807, 2.05) is 4.90 Å². The number of rotatable bonds is 3. The largest absolute Gasteiger partial charge is 0.453 e. The Bertz CT molecular complexity index is 493. The normalized spacial score (nSPS) is 19.8. The van der Waals surface area contributed by atoms with Gasteiger partial charge >= 0.3 is 6.09 Å². The van der Waals surface area contributed by atoms with Crippen LogP contribution in [0.1, 0.15) is 25.0 Å². The first-order chi connectivity index (χ1) is 9.52. The smallest absolute Gasteiger partial charge is 0.407 e. The first-order valence-corrected chi connectivity index (χ1v) is 6.58. The number of anilines is 1. The van der Waals surface area contributed by atoms with E-state index in [-0.39, 0.29) is 6.04 Å². The number of ether oxygens (including phenoxy) is 1. The Morgan fingerprint density at radius 2 is 2.35 bits per heavy atom. The number of carbonyl (C=O) groups excluding carboxylic acids is 1. The van der Waals surface area contributed by atoms with E-state index >= 15 is 0 Å². The fraction of sp³-hybridized carbons (Fsp3) is 0.500. The van der Waals surface area contributed by atoms with Crippen molar-refractivity contribution in [1.29, 1.82) is 0 Å². The number of aliphatic hydroxyl groups is 1. The molecule has 0 saturated carbocycles. The van der Waals surface area contributed by atoms with E-state index in [4.69, 9.17) is 0 Å². The van der Waals surface area contributed by atoms with Crippen molar-refractivity contribution in [2.75, 3.05) is 25.1 Å². The number of benzene rings is 1. The molecule has 0 bridgehead atoms. The van der Waals surface area contributed by atoms with Gasteiger partial charge in [0.05, 0.1) is 19.3 Å². The van der Waals surface area contributed by atoms with Gasteiger partial charge in [-0.3, -0.25) is 0 Å². The molecule has 5 nitrogen and oxygen atoms in total. The Kier molecular flexibility index (Phi) is 4.44. The van der Waals surface area contributed by atoms with Gasteiger partial charge in [0.15, 0.2) is 0 Å². The zero-order chi connectivity index (χ0) is 14.7. The molecule has 1 saturated heterocycles. The highest BCUT2D eigenvalue weighted by Gasteiger charge is 2.27. The summed E-state index contributed by atoms with van der Waals surface area (Å²) < 4.78 is 18.4. The topological polar surface area (TPSA) is 61.8 Å². The van der Waals surface area contributed by atoms with Crippen LogP contribution < -0.4 is 10.2 Å². The third-order valence-electron chi connectivity index (χ3n) is 3.48. The minimum atomic E-state index is -0.876. The van der Waals surface area contributed by atoms with Crippen LogP contribution in [0.2, 0.25) is 0 Å². The number of alkyl carbamates (subject to hydrolysis) is 1. The maximum Gasteiger partial charge on any atom is 0.407 e. The Morgan fingerprint density at radius 1 is 1.60 bits per heavy atom. The number of halogens is 1. The van der Waals surface area contributed by atoms with Crippen LogP contribution in [0.4, 0.5) is 14.9 Å². The van der Waals surface area contributed by atoms with Crippen LogP contribution in [0, 0.1) is 5.82 Å². The molecule has 1 heterocycles. The Balaban J connectivity index is 2.14. The van der Waals surface area contributed by atoms with E-state index in [0.29, 0.717) is 24.3 Å². The van der Waals surface area contributed by atoms with Crippen molar-refractivity contribution >= 4 is 11.8 Å². The zero-order valence-corrected chi connectivity index (χ0v) is 11.6. The van der Waals surface area contributed by atoms with E-state index < -0.39 is 18.0 Å². The standard InChI is InChI=1S/C14H19FN2O3/c1-9(18)13-11(15)4-3-5-12(13)17-7-6-10(8-17)16-14(19)20-2/h3-5,9-10,18H,6-8H2,1-2H3,(H,16,19). The summed E-state index contributed by atoms with van der Waals surface area (Å²) in [6.07, 6.45) is -0.587. The number of nitrogens with zero attached hydrogens (tertiary/aromatic N) is 1. The van der Waals surface area contributed by atoms with E-state index in [9.17, 15) is 14.3 Å². The lowest BCUT2D eigenvalue weighted by molar-refractivity contribution is 0.167. The predicted octanol–water partition coefficient (Wildman–Crippen LogP) is 1.81. The average Bonchev–Trinajstić information content (AvgIpc) is 2.86. The summed E-state index contributed by atoms with van der Waals surface area (Å²) in [5.41, 5.74) is 0.973. The van der Waals surface area contributed by atoms with Gasteiger partial charge in [0.2, 0.25) is 0 Å². The number of hydrogen-bond acceptors (Lipinski definition) is 4. The SMILES string of the molecule is COC(=O)NC1CCN(c2cccc(F)c2C(C)O)C1. The molecule has 1 aliphatic heterocycles. The van der Waals surface area contributed by atoms with Gasteiger partial charge < -0.3 is 20.1 Å². The number of methoxy groups -OCH3 is 1. The van der Waals surface area contributed by atoms with Crippen molar-refractivity contribution < 1.29 is 19.0 Å². The first kappa shape index (κ1) is 14.6. The van der Waals surface area contributed by atoms with Gasteiger partial charge in [-0.15, -0.1) is 0 Å². The molecule has 2 atom stereocenters. The van der Waals surface area contributed by atoms with Crippen molar-refractivity contribution in [1.82, 2.24) is 5.32 Å². The molecule has 0 radical (unpaired) electrons. The van der Waals surface area contributed by atoms with E-state index in [1.165, 1.54) is 13.2 Å². The number of amides is 1. The summed E-state index contributed by atoms with van der Waals surface area (Å²) >= 11 is 0. The fourth-order valence-electron chi connectivity index (χ4n) is 2.54. The molecular formula is C14H19FN2O3. The molecule has 2 unspecified atom stereocenters. The highest BCUT2D eigenvalue weighted by Crippen LogP contribution is 2.31. The van der Waals surface area contributed by atoms with E-state index in [2.05, 4.69) is 10.1 Å². The van der Waals surface area contributed by atoms with Crippen molar-refractivity contribution in [3.63, 3.8) is 0 Å². The number of nitrogens with one attached hydrogen (secondary N) is 1. The van der Waals surface area contributed by atoms with Crippen molar-refractivity contribution in [3.05, 3.63) is 29.6 Å². The van der Waals surface area contributed by atoms with Crippen LogP contribution in [-0.2, 0) is 4.74 Å². The number of hydrogen-bond donors (Lipinski definition) is 2. The van der Waals surface area contributed by atoms with Gasteiger partial charge in [-0.1, -0.05) is 6.07 Å². The zero-order valence-electron chi connectivity index (χ0n) is 11.6. The molecule has 1 fully saturated rings. The van der Waals surface area contributed by atoms with Gasteiger partial charge in [0.25, 0.3) is 0 Å². The molecule has 2 rings (SSSR count). The van der Waals surface area contributed by atoms with Gasteiger partial charge in [-0.2, -0.15) is 0 Å². The molecule has 1 amide bonds. The molecule has 1 aromatic rings. The quantitative estimate of drug-likeness (QED) is 0.887. The third kappa shape index (κ3) is 3.01.